The average Bonchev–Trinajstić information content (AvgIpc) is 2.27. The first-order valence-corrected chi connectivity index (χ1v) is 5.13. The molecule has 4 nitrogen and oxygen atoms in total. The third-order valence-electron chi connectivity index (χ3n) is 2.36. The summed E-state index contributed by atoms with van der Waals surface area (Å²) in [5, 5.41) is 12.6. The molecule has 88 valence electrons. The van der Waals surface area contributed by atoms with Crippen molar-refractivity contribution in [3.8, 4) is 5.75 Å². The predicted molar refractivity (Wildman–Crippen MR) is 61.2 cm³/mol. The molecule has 0 saturated heterocycles. The maximum absolute atomic E-state index is 10.8. The van der Waals surface area contributed by atoms with Crippen LogP contribution in [0.4, 0.5) is 0 Å². The Hall–Kier alpha value is -1.55. The van der Waals surface area contributed by atoms with E-state index in [4.69, 9.17) is 4.74 Å². The molecule has 0 heterocycles. The van der Waals surface area contributed by atoms with E-state index in [9.17, 15) is 9.90 Å². The molecular weight excluding hydrogens is 206 g/mol. The van der Waals surface area contributed by atoms with Crippen LogP contribution >= 0.6 is 0 Å². The molecule has 0 aliphatic heterocycles. The Labute approximate surface area is 95.2 Å². The van der Waals surface area contributed by atoms with Crippen LogP contribution in [0.25, 0.3) is 0 Å². The van der Waals surface area contributed by atoms with Gasteiger partial charge >= 0.3 is 0 Å². The van der Waals surface area contributed by atoms with E-state index in [0.717, 1.165) is 11.3 Å². The van der Waals surface area contributed by atoms with Crippen LogP contribution in [0.15, 0.2) is 24.3 Å². The molecule has 0 saturated carbocycles. The SMILES string of the molecule is COc1ccc([C@H](O)[C@@H](C)NC(C)=O)cc1. The number of ether oxygens (including phenoxy) is 1. The molecule has 4 heteroatoms. The van der Waals surface area contributed by atoms with Gasteiger partial charge in [0.25, 0.3) is 0 Å². The molecular formula is C12H17NO3. The highest BCUT2D eigenvalue weighted by Crippen LogP contribution is 2.19. The molecule has 0 unspecified atom stereocenters. The van der Waals surface area contributed by atoms with E-state index in [2.05, 4.69) is 5.32 Å². The van der Waals surface area contributed by atoms with Crippen molar-refractivity contribution in [1.29, 1.82) is 0 Å². The second kappa shape index (κ2) is 5.51. The third kappa shape index (κ3) is 3.24. The van der Waals surface area contributed by atoms with E-state index >= 15 is 0 Å². The lowest BCUT2D eigenvalue weighted by Gasteiger charge is -2.19. The van der Waals surface area contributed by atoms with Crippen molar-refractivity contribution in [3.63, 3.8) is 0 Å². The molecule has 0 radical (unpaired) electrons. The molecule has 2 atom stereocenters. The standard InChI is InChI=1S/C12H17NO3/c1-8(13-9(2)14)12(15)10-4-6-11(16-3)7-5-10/h4-8,12,15H,1-3H3,(H,13,14)/t8-,12-/m1/s1. The van der Waals surface area contributed by atoms with Crippen molar-refractivity contribution < 1.29 is 14.6 Å². The lowest BCUT2D eigenvalue weighted by molar-refractivity contribution is -0.120. The number of hydrogen-bond donors (Lipinski definition) is 2. The molecule has 0 aromatic heterocycles. The first kappa shape index (κ1) is 12.5. The van der Waals surface area contributed by atoms with Crippen molar-refractivity contribution >= 4 is 5.91 Å². The van der Waals surface area contributed by atoms with Crippen LogP contribution in [0.5, 0.6) is 5.75 Å². The Morgan fingerprint density at radius 3 is 2.38 bits per heavy atom. The number of carbonyl (C=O) groups is 1. The molecule has 0 bridgehead atoms. The highest BCUT2D eigenvalue weighted by Gasteiger charge is 2.16. The van der Waals surface area contributed by atoms with Crippen LogP contribution in [0.3, 0.4) is 0 Å². The Kier molecular flexibility index (Phi) is 4.31. The van der Waals surface area contributed by atoms with Crippen molar-refractivity contribution in [2.75, 3.05) is 7.11 Å². The molecule has 16 heavy (non-hydrogen) atoms. The van der Waals surface area contributed by atoms with Crippen molar-refractivity contribution in [3.05, 3.63) is 29.8 Å². The first-order valence-electron chi connectivity index (χ1n) is 5.13. The fourth-order valence-electron chi connectivity index (χ4n) is 1.49. The van der Waals surface area contributed by atoms with Gasteiger partial charge in [-0.05, 0) is 24.6 Å². The topological polar surface area (TPSA) is 58.6 Å². The van der Waals surface area contributed by atoms with Gasteiger partial charge in [0.2, 0.25) is 5.91 Å². The Morgan fingerprint density at radius 2 is 1.94 bits per heavy atom. The van der Waals surface area contributed by atoms with Gasteiger partial charge in [0.05, 0.1) is 19.3 Å². The number of carbonyl (C=O) groups excluding carboxylic acids is 1. The summed E-state index contributed by atoms with van der Waals surface area (Å²) >= 11 is 0. The summed E-state index contributed by atoms with van der Waals surface area (Å²) in [7, 11) is 1.59. The monoisotopic (exact) mass is 223 g/mol. The average molecular weight is 223 g/mol. The van der Waals surface area contributed by atoms with E-state index in [1.165, 1.54) is 6.92 Å². The van der Waals surface area contributed by atoms with Crippen LogP contribution in [0.1, 0.15) is 25.5 Å². The van der Waals surface area contributed by atoms with Crippen LogP contribution in [0, 0.1) is 0 Å². The predicted octanol–water partition coefficient (Wildman–Crippen LogP) is 1.25. The third-order valence-corrected chi connectivity index (χ3v) is 2.36. The Bertz CT molecular complexity index is 348. The molecule has 0 aliphatic rings. The fourth-order valence-corrected chi connectivity index (χ4v) is 1.49. The van der Waals surface area contributed by atoms with Crippen molar-refractivity contribution in [1.82, 2.24) is 5.32 Å². The van der Waals surface area contributed by atoms with Gasteiger partial charge in [-0.1, -0.05) is 12.1 Å². The summed E-state index contributed by atoms with van der Waals surface area (Å²) in [6.45, 7) is 3.19. The molecule has 1 aromatic carbocycles. The van der Waals surface area contributed by atoms with Gasteiger partial charge < -0.3 is 15.2 Å². The Morgan fingerprint density at radius 1 is 1.38 bits per heavy atom. The lowest BCUT2D eigenvalue weighted by atomic mass is 10.0. The molecule has 1 rings (SSSR count). The number of benzene rings is 1. The minimum Gasteiger partial charge on any atom is -0.497 e. The number of nitrogens with one attached hydrogen (secondary N) is 1. The van der Waals surface area contributed by atoms with Gasteiger partial charge in [0, 0.05) is 6.92 Å². The van der Waals surface area contributed by atoms with Gasteiger partial charge in [-0.15, -0.1) is 0 Å². The number of amides is 1. The summed E-state index contributed by atoms with van der Waals surface area (Å²) in [5.41, 5.74) is 0.752. The van der Waals surface area contributed by atoms with Gasteiger partial charge in [-0.2, -0.15) is 0 Å². The maximum Gasteiger partial charge on any atom is 0.217 e. The number of methoxy groups -OCH3 is 1. The molecule has 0 spiro atoms. The second-order valence-corrected chi connectivity index (χ2v) is 3.71. The van der Waals surface area contributed by atoms with E-state index in [0.29, 0.717) is 0 Å². The van der Waals surface area contributed by atoms with E-state index < -0.39 is 6.10 Å². The van der Waals surface area contributed by atoms with E-state index in [-0.39, 0.29) is 11.9 Å². The van der Waals surface area contributed by atoms with Crippen LogP contribution in [-0.2, 0) is 4.79 Å². The first-order chi connectivity index (χ1) is 7.54. The van der Waals surface area contributed by atoms with Crippen molar-refractivity contribution in [2.24, 2.45) is 0 Å². The molecule has 0 aliphatic carbocycles. The zero-order valence-corrected chi connectivity index (χ0v) is 9.73. The maximum atomic E-state index is 10.8. The fraction of sp³-hybridized carbons (Fsp3) is 0.417. The summed E-state index contributed by atoms with van der Waals surface area (Å²) in [4.78, 5) is 10.8. The smallest absolute Gasteiger partial charge is 0.217 e. The number of rotatable bonds is 4. The molecule has 2 N–H and O–H groups in total. The zero-order valence-electron chi connectivity index (χ0n) is 9.73. The van der Waals surface area contributed by atoms with E-state index in [1.54, 1.807) is 38.3 Å². The summed E-state index contributed by atoms with van der Waals surface area (Å²) in [5.74, 6) is 0.586. The van der Waals surface area contributed by atoms with Gasteiger partial charge in [0.15, 0.2) is 0 Å². The largest absolute Gasteiger partial charge is 0.497 e. The van der Waals surface area contributed by atoms with Gasteiger partial charge in [0.1, 0.15) is 5.75 Å². The summed E-state index contributed by atoms with van der Waals surface area (Å²) in [6, 6.07) is 6.80. The molecule has 0 fully saturated rings. The van der Waals surface area contributed by atoms with Crippen molar-refractivity contribution in [2.45, 2.75) is 26.0 Å². The quantitative estimate of drug-likeness (QED) is 0.807. The molecule has 1 aromatic rings. The lowest BCUT2D eigenvalue weighted by Crippen LogP contribution is -2.35. The van der Waals surface area contributed by atoms with Crippen LogP contribution < -0.4 is 10.1 Å². The summed E-state index contributed by atoms with van der Waals surface area (Å²) < 4.78 is 5.02. The van der Waals surface area contributed by atoms with Gasteiger partial charge in [-0.25, -0.2) is 0 Å². The Balaban J connectivity index is 2.71. The van der Waals surface area contributed by atoms with Crippen LogP contribution in [-0.4, -0.2) is 24.2 Å². The number of aliphatic hydroxyl groups excluding tert-OH is 1. The highest BCUT2D eigenvalue weighted by atomic mass is 16.5. The van der Waals surface area contributed by atoms with Gasteiger partial charge in [-0.3, -0.25) is 4.79 Å². The highest BCUT2D eigenvalue weighted by molar-refractivity contribution is 5.73. The van der Waals surface area contributed by atoms with Crippen LogP contribution in [0.2, 0.25) is 0 Å². The normalized spacial score (nSPS) is 14.0. The summed E-state index contributed by atoms with van der Waals surface area (Å²) in [6.07, 6.45) is -0.713. The zero-order chi connectivity index (χ0) is 12.1. The minimum atomic E-state index is -0.713. The number of hydrogen-bond acceptors (Lipinski definition) is 3. The molecule has 1 amide bonds. The number of aliphatic hydroxyl groups is 1. The second-order valence-electron chi connectivity index (χ2n) is 3.71. The minimum absolute atomic E-state index is 0.153. The van der Waals surface area contributed by atoms with E-state index in [1.807, 2.05) is 0 Å².